The van der Waals surface area contributed by atoms with Crippen molar-refractivity contribution in [3.05, 3.63) is 22.3 Å². The largest absolute Gasteiger partial charge is 0.433 e. The number of halogens is 4. The number of hydrogen-bond donors (Lipinski definition) is 1. The van der Waals surface area contributed by atoms with Crippen LogP contribution < -0.4 is 5.73 Å². The second-order valence-corrected chi connectivity index (χ2v) is 3.62. The topological polar surface area (TPSA) is 56.2 Å². The van der Waals surface area contributed by atoms with Crippen LogP contribution in [0.2, 0.25) is 0 Å². The third-order valence-electron chi connectivity index (χ3n) is 1.74. The van der Waals surface area contributed by atoms with E-state index in [1.54, 1.807) is 0 Å². The van der Waals surface area contributed by atoms with Crippen molar-refractivity contribution in [3.8, 4) is 0 Å². The first-order valence-electron chi connectivity index (χ1n) is 3.77. The van der Waals surface area contributed by atoms with Crippen LogP contribution in [-0.2, 0) is 6.18 Å². The van der Waals surface area contributed by atoms with Crippen molar-refractivity contribution in [1.82, 2.24) is 14.6 Å². The van der Waals surface area contributed by atoms with Crippen LogP contribution in [-0.4, -0.2) is 14.6 Å². The summed E-state index contributed by atoms with van der Waals surface area (Å²) in [5.41, 5.74) is 4.37. The second-order valence-electron chi connectivity index (χ2n) is 2.77. The zero-order chi connectivity index (χ0) is 11.2. The Morgan fingerprint density at radius 1 is 1.33 bits per heavy atom. The van der Waals surface area contributed by atoms with Gasteiger partial charge in [-0.1, -0.05) is 0 Å². The molecule has 8 heteroatoms. The van der Waals surface area contributed by atoms with Gasteiger partial charge in [-0.2, -0.15) is 18.2 Å². The minimum Gasteiger partial charge on any atom is -0.366 e. The lowest BCUT2D eigenvalue weighted by atomic mass is 10.3. The molecule has 15 heavy (non-hydrogen) atoms. The quantitative estimate of drug-likeness (QED) is 0.804. The lowest BCUT2D eigenvalue weighted by molar-refractivity contribution is -0.142. The Hall–Kier alpha value is -1.31. The van der Waals surface area contributed by atoms with Gasteiger partial charge in [0, 0.05) is 0 Å². The van der Waals surface area contributed by atoms with Crippen LogP contribution in [0.4, 0.5) is 19.1 Å². The van der Waals surface area contributed by atoms with Crippen molar-refractivity contribution < 1.29 is 13.2 Å². The Labute approximate surface area is 90.0 Å². The molecule has 0 aromatic carbocycles. The molecule has 2 heterocycles. The van der Waals surface area contributed by atoms with Crippen LogP contribution in [0.5, 0.6) is 0 Å². The average Bonchev–Trinajstić information content (AvgIpc) is 2.45. The van der Waals surface area contributed by atoms with E-state index in [2.05, 4.69) is 26.0 Å². The van der Waals surface area contributed by atoms with Crippen LogP contribution in [0.25, 0.3) is 5.65 Å². The van der Waals surface area contributed by atoms with E-state index < -0.39 is 11.9 Å². The standard InChI is InChI=1S/C7H4BrF3N4/c8-3-1-2-4(7(9,10)11)15-5(3)13-6(12)14-15/h1-2H,(H2,12,14). The molecule has 4 nitrogen and oxygen atoms in total. The molecule has 0 bridgehead atoms. The number of hydrogen-bond acceptors (Lipinski definition) is 3. The van der Waals surface area contributed by atoms with Gasteiger partial charge in [-0.3, -0.25) is 0 Å². The van der Waals surface area contributed by atoms with E-state index in [1.165, 1.54) is 6.07 Å². The maximum absolute atomic E-state index is 12.5. The molecule has 2 aromatic heterocycles. The first-order chi connectivity index (χ1) is 6.89. The third-order valence-corrected chi connectivity index (χ3v) is 2.36. The van der Waals surface area contributed by atoms with Crippen molar-refractivity contribution in [2.24, 2.45) is 0 Å². The summed E-state index contributed by atoms with van der Waals surface area (Å²) in [6.45, 7) is 0. The van der Waals surface area contributed by atoms with Crippen LogP contribution >= 0.6 is 15.9 Å². The van der Waals surface area contributed by atoms with Gasteiger partial charge in [-0.05, 0) is 28.1 Å². The summed E-state index contributed by atoms with van der Waals surface area (Å²) in [7, 11) is 0. The van der Waals surface area contributed by atoms with Gasteiger partial charge in [-0.25, -0.2) is 4.52 Å². The van der Waals surface area contributed by atoms with Gasteiger partial charge in [0.05, 0.1) is 4.47 Å². The van der Waals surface area contributed by atoms with Crippen LogP contribution in [0.15, 0.2) is 16.6 Å². The predicted molar refractivity (Wildman–Crippen MR) is 50.1 cm³/mol. The normalized spacial score (nSPS) is 12.3. The summed E-state index contributed by atoms with van der Waals surface area (Å²) < 4.78 is 38.6. The number of pyridine rings is 1. The molecular formula is C7H4BrF3N4. The number of anilines is 1. The second kappa shape index (κ2) is 3.09. The number of aromatic nitrogens is 3. The van der Waals surface area contributed by atoms with Crippen molar-refractivity contribution in [1.29, 1.82) is 0 Å². The van der Waals surface area contributed by atoms with Gasteiger partial charge in [0.2, 0.25) is 5.95 Å². The lowest BCUT2D eigenvalue weighted by Crippen LogP contribution is -2.12. The zero-order valence-electron chi connectivity index (χ0n) is 7.09. The summed E-state index contributed by atoms with van der Waals surface area (Å²) in [6.07, 6.45) is -4.49. The highest BCUT2D eigenvalue weighted by molar-refractivity contribution is 9.10. The van der Waals surface area contributed by atoms with E-state index in [0.29, 0.717) is 8.99 Å². The monoisotopic (exact) mass is 280 g/mol. The van der Waals surface area contributed by atoms with E-state index in [0.717, 1.165) is 6.07 Å². The lowest BCUT2D eigenvalue weighted by Gasteiger charge is -2.07. The predicted octanol–water partition coefficient (Wildman–Crippen LogP) is 2.09. The SMILES string of the molecule is Nc1nc2c(Br)ccc(C(F)(F)F)n2n1. The molecule has 2 rings (SSSR count). The minimum atomic E-state index is -4.49. The van der Waals surface area contributed by atoms with E-state index in [-0.39, 0.29) is 11.6 Å². The third kappa shape index (κ3) is 1.65. The van der Waals surface area contributed by atoms with Gasteiger partial charge < -0.3 is 5.73 Å². The molecule has 0 fully saturated rings. The first-order valence-corrected chi connectivity index (χ1v) is 4.57. The molecule has 0 aliphatic rings. The fourth-order valence-electron chi connectivity index (χ4n) is 1.16. The van der Waals surface area contributed by atoms with E-state index >= 15 is 0 Å². The molecule has 0 unspecified atom stereocenters. The molecule has 0 atom stereocenters. The molecule has 0 amide bonds. The summed E-state index contributed by atoms with van der Waals surface area (Å²) in [4.78, 5) is 3.67. The van der Waals surface area contributed by atoms with Gasteiger partial charge in [0.15, 0.2) is 5.65 Å². The summed E-state index contributed by atoms with van der Waals surface area (Å²) in [6, 6.07) is 2.16. The highest BCUT2D eigenvalue weighted by atomic mass is 79.9. The maximum Gasteiger partial charge on any atom is 0.433 e. The fourth-order valence-corrected chi connectivity index (χ4v) is 1.55. The van der Waals surface area contributed by atoms with E-state index in [9.17, 15) is 13.2 Å². The summed E-state index contributed by atoms with van der Waals surface area (Å²) in [5.74, 6) is -0.201. The maximum atomic E-state index is 12.5. The molecule has 0 spiro atoms. The van der Waals surface area contributed by atoms with Crippen molar-refractivity contribution in [2.45, 2.75) is 6.18 Å². The number of nitrogens with two attached hydrogens (primary N) is 1. The number of alkyl halides is 3. The molecule has 0 radical (unpaired) electrons. The number of nitrogens with zero attached hydrogens (tertiary/aromatic N) is 3. The summed E-state index contributed by atoms with van der Waals surface area (Å²) >= 11 is 3.06. The van der Waals surface area contributed by atoms with Crippen molar-refractivity contribution in [3.63, 3.8) is 0 Å². The van der Waals surface area contributed by atoms with Crippen LogP contribution in [0, 0.1) is 0 Å². The van der Waals surface area contributed by atoms with Gasteiger partial charge in [0.25, 0.3) is 0 Å². The van der Waals surface area contributed by atoms with E-state index in [1.807, 2.05) is 0 Å². The first kappa shape index (κ1) is 10.2. The fraction of sp³-hybridized carbons (Fsp3) is 0.143. The smallest absolute Gasteiger partial charge is 0.366 e. The average molecular weight is 281 g/mol. The molecule has 2 aromatic rings. The molecule has 0 aliphatic heterocycles. The Morgan fingerprint density at radius 2 is 2.00 bits per heavy atom. The highest BCUT2D eigenvalue weighted by Crippen LogP contribution is 2.31. The van der Waals surface area contributed by atoms with Gasteiger partial charge >= 0.3 is 6.18 Å². The Morgan fingerprint density at radius 3 is 2.60 bits per heavy atom. The Kier molecular flexibility index (Phi) is 2.10. The zero-order valence-corrected chi connectivity index (χ0v) is 8.67. The molecule has 0 saturated heterocycles. The number of rotatable bonds is 0. The van der Waals surface area contributed by atoms with E-state index in [4.69, 9.17) is 5.73 Å². The molecular weight excluding hydrogens is 277 g/mol. The van der Waals surface area contributed by atoms with Crippen molar-refractivity contribution in [2.75, 3.05) is 5.73 Å². The Bertz CT molecular complexity index is 519. The van der Waals surface area contributed by atoms with Gasteiger partial charge in [-0.15, -0.1) is 5.10 Å². The van der Waals surface area contributed by atoms with Crippen molar-refractivity contribution >= 4 is 27.5 Å². The molecule has 2 N–H and O–H groups in total. The van der Waals surface area contributed by atoms with Crippen LogP contribution in [0.1, 0.15) is 5.69 Å². The Balaban J connectivity index is 2.83. The minimum absolute atomic E-state index is 0.0438. The molecule has 0 saturated carbocycles. The number of fused-ring (bicyclic) bond motifs is 1. The highest BCUT2D eigenvalue weighted by Gasteiger charge is 2.34. The van der Waals surface area contributed by atoms with Gasteiger partial charge in [0.1, 0.15) is 5.69 Å². The summed E-state index contributed by atoms with van der Waals surface area (Å²) in [5, 5.41) is 3.47. The van der Waals surface area contributed by atoms with Crippen LogP contribution in [0.3, 0.4) is 0 Å². The number of nitrogen functional groups attached to an aromatic ring is 1. The molecule has 80 valence electrons. The molecule has 0 aliphatic carbocycles.